The fourth-order valence-corrected chi connectivity index (χ4v) is 2.12. The molecule has 8 nitrogen and oxygen atoms in total. The number of nitrogens with zero attached hydrogens (tertiary/aromatic N) is 4. The van der Waals surface area contributed by atoms with Crippen molar-refractivity contribution in [2.24, 2.45) is 0 Å². The summed E-state index contributed by atoms with van der Waals surface area (Å²) in [4.78, 5) is 24.0. The molecule has 1 aromatic carbocycles. The van der Waals surface area contributed by atoms with Gasteiger partial charge in [-0.25, -0.2) is 9.97 Å². The van der Waals surface area contributed by atoms with Crippen molar-refractivity contribution in [3.63, 3.8) is 0 Å². The second-order valence-corrected chi connectivity index (χ2v) is 5.11. The van der Waals surface area contributed by atoms with E-state index < -0.39 is 0 Å². The third-order valence-electron chi connectivity index (χ3n) is 3.25. The molecule has 3 N–H and O–H groups in total. The van der Waals surface area contributed by atoms with Crippen molar-refractivity contribution < 1.29 is 4.79 Å². The minimum Gasteiger partial charge on any atom is -0.326 e. The summed E-state index contributed by atoms with van der Waals surface area (Å²) in [6.45, 7) is 3.47. The van der Waals surface area contributed by atoms with E-state index in [0.29, 0.717) is 11.9 Å². The van der Waals surface area contributed by atoms with Crippen LogP contribution in [0.15, 0.2) is 36.5 Å². The highest BCUT2D eigenvalue weighted by atomic mass is 16.1. The SMILES string of the molecule is CCc1nc(Nc2nccc(-c3ccc(NC(C)=O)cc3)n2)n[nH]1. The third kappa shape index (κ3) is 3.72. The predicted octanol–water partition coefficient (Wildman–Crippen LogP) is 2.53. The number of anilines is 3. The largest absolute Gasteiger partial charge is 0.326 e. The Kier molecular flexibility index (Phi) is 4.46. The maximum atomic E-state index is 11.1. The summed E-state index contributed by atoms with van der Waals surface area (Å²) in [5.74, 6) is 1.54. The van der Waals surface area contributed by atoms with Gasteiger partial charge in [0.1, 0.15) is 5.82 Å². The van der Waals surface area contributed by atoms with Crippen LogP contribution in [0.4, 0.5) is 17.6 Å². The van der Waals surface area contributed by atoms with Gasteiger partial charge in [0.15, 0.2) is 0 Å². The third-order valence-corrected chi connectivity index (χ3v) is 3.25. The molecule has 0 saturated carbocycles. The van der Waals surface area contributed by atoms with Crippen LogP contribution >= 0.6 is 0 Å². The number of aromatic nitrogens is 5. The first kappa shape index (κ1) is 15.6. The van der Waals surface area contributed by atoms with Crippen molar-refractivity contribution in [1.82, 2.24) is 25.1 Å². The molecule has 0 aliphatic rings. The summed E-state index contributed by atoms with van der Waals surface area (Å²) in [6, 6.07) is 9.25. The van der Waals surface area contributed by atoms with Gasteiger partial charge < -0.3 is 5.32 Å². The molecular weight excluding hydrogens is 306 g/mol. The summed E-state index contributed by atoms with van der Waals surface area (Å²) in [6.07, 6.45) is 2.44. The Labute approximate surface area is 138 Å². The minimum absolute atomic E-state index is 0.103. The van der Waals surface area contributed by atoms with Gasteiger partial charge >= 0.3 is 0 Å². The van der Waals surface area contributed by atoms with Crippen molar-refractivity contribution in [2.45, 2.75) is 20.3 Å². The minimum atomic E-state index is -0.103. The molecule has 0 radical (unpaired) electrons. The number of rotatable bonds is 5. The Balaban J connectivity index is 1.78. The van der Waals surface area contributed by atoms with Crippen LogP contribution in [0.25, 0.3) is 11.3 Å². The van der Waals surface area contributed by atoms with Gasteiger partial charge in [0, 0.05) is 30.8 Å². The van der Waals surface area contributed by atoms with Crippen molar-refractivity contribution in [3.8, 4) is 11.3 Å². The van der Waals surface area contributed by atoms with Crippen LogP contribution in [0.1, 0.15) is 19.7 Å². The normalized spacial score (nSPS) is 10.4. The lowest BCUT2D eigenvalue weighted by Crippen LogP contribution is -2.05. The fourth-order valence-electron chi connectivity index (χ4n) is 2.12. The molecule has 0 aliphatic carbocycles. The van der Waals surface area contributed by atoms with Crippen LogP contribution in [0.3, 0.4) is 0 Å². The summed E-state index contributed by atoms with van der Waals surface area (Å²) in [5, 5.41) is 12.6. The Morgan fingerprint density at radius 3 is 2.58 bits per heavy atom. The Bertz CT molecular complexity index is 842. The van der Waals surface area contributed by atoms with Gasteiger partial charge in [-0.05, 0) is 18.2 Å². The van der Waals surface area contributed by atoms with E-state index in [1.807, 2.05) is 37.3 Å². The Morgan fingerprint density at radius 1 is 1.12 bits per heavy atom. The highest BCUT2D eigenvalue weighted by molar-refractivity contribution is 5.88. The van der Waals surface area contributed by atoms with Crippen LogP contribution in [-0.2, 0) is 11.2 Å². The average molecular weight is 323 g/mol. The van der Waals surface area contributed by atoms with Gasteiger partial charge in [-0.1, -0.05) is 19.1 Å². The first-order valence-electron chi connectivity index (χ1n) is 7.53. The second-order valence-electron chi connectivity index (χ2n) is 5.11. The number of hydrogen-bond acceptors (Lipinski definition) is 6. The van der Waals surface area contributed by atoms with Crippen LogP contribution in [0.5, 0.6) is 0 Å². The maximum Gasteiger partial charge on any atom is 0.248 e. The summed E-state index contributed by atoms with van der Waals surface area (Å²) in [5.41, 5.74) is 2.42. The first-order valence-corrected chi connectivity index (χ1v) is 7.53. The molecule has 0 spiro atoms. The van der Waals surface area contributed by atoms with E-state index >= 15 is 0 Å². The molecule has 0 unspecified atom stereocenters. The molecule has 2 aromatic heterocycles. The smallest absolute Gasteiger partial charge is 0.248 e. The molecule has 0 bridgehead atoms. The molecular formula is C16H17N7O. The van der Waals surface area contributed by atoms with Gasteiger partial charge in [0.2, 0.25) is 17.8 Å². The summed E-state index contributed by atoms with van der Waals surface area (Å²) < 4.78 is 0. The lowest BCUT2D eigenvalue weighted by Gasteiger charge is -2.06. The van der Waals surface area contributed by atoms with E-state index in [4.69, 9.17) is 0 Å². The molecule has 1 amide bonds. The fraction of sp³-hybridized carbons (Fsp3) is 0.188. The molecule has 2 heterocycles. The lowest BCUT2D eigenvalue weighted by molar-refractivity contribution is -0.114. The van der Waals surface area contributed by atoms with Crippen LogP contribution in [0, 0.1) is 0 Å². The van der Waals surface area contributed by atoms with Crippen LogP contribution < -0.4 is 10.6 Å². The van der Waals surface area contributed by atoms with Gasteiger partial charge in [0.25, 0.3) is 0 Å². The van der Waals surface area contributed by atoms with E-state index in [2.05, 4.69) is 35.8 Å². The number of hydrogen-bond donors (Lipinski definition) is 3. The summed E-state index contributed by atoms with van der Waals surface area (Å²) in [7, 11) is 0. The number of nitrogens with one attached hydrogen (secondary N) is 3. The molecule has 0 fully saturated rings. The highest BCUT2D eigenvalue weighted by Gasteiger charge is 2.06. The molecule has 8 heteroatoms. The monoisotopic (exact) mass is 323 g/mol. The zero-order valence-electron chi connectivity index (χ0n) is 13.4. The first-order chi connectivity index (χ1) is 11.6. The molecule has 0 saturated heterocycles. The van der Waals surface area contributed by atoms with Crippen molar-refractivity contribution in [1.29, 1.82) is 0 Å². The highest BCUT2D eigenvalue weighted by Crippen LogP contribution is 2.20. The maximum absolute atomic E-state index is 11.1. The van der Waals surface area contributed by atoms with Crippen molar-refractivity contribution >= 4 is 23.5 Å². The van der Waals surface area contributed by atoms with Crippen LogP contribution in [0.2, 0.25) is 0 Å². The lowest BCUT2D eigenvalue weighted by atomic mass is 10.1. The standard InChI is InChI=1S/C16H17N7O/c1-3-14-20-16(23-22-14)21-15-17-9-8-13(19-15)11-4-6-12(7-5-11)18-10(2)24/h4-9H,3H2,1-2H3,(H,18,24)(H2,17,19,20,21,22,23). The zero-order chi connectivity index (χ0) is 16.9. The summed E-state index contributed by atoms with van der Waals surface area (Å²) >= 11 is 0. The quantitative estimate of drug-likeness (QED) is 0.666. The van der Waals surface area contributed by atoms with Gasteiger partial charge in [0.05, 0.1) is 5.69 Å². The van der Waals surface area contributed by atoms with Crippen LogP contribution in [-0.4, -0.2) is 31.1 Å². The van der Waals surface area contributed by atoms with Crippen molar-refractivity contribution in [3.05, 3.63) is 42.4 Å². The Hall–Kier alpha value is -3.29. The van der Waals surface area contributed by atoms with Gasteiger partial charge in [-0.3, -0.25) is 15.2 Å². The molecule has 3 aromatic rings. The van der Waals surface area contributed by atoms with Crippen molar-refractivity contribution in [2.75, 3.05) is 10.6 Å². The number of benzene rings is 1. The molecule has 0 atom stereocenters. The van der Waals surface area contributed by atoms with E-state index in [1.165, 1.54) is 6.92 Å². The molecule has 122 valence electrons. The average Bonchev–Trinajstić information content (AvgIpc) is 3.03. The predicted molar refractivity (Wildman–Crippen MR) is 90.8 cm³/mol. The van der Waals surface area contributed by atoms with E-state index in [-0.39, 0.29) is 5.91 Å². The molecule has 24 heavy (non-hydrogen) atoms. The second kappa shape index (κ2) is 6.86. The van der Waals surface area contributed by atoms with E-state index in [1.54, 1.807) is 6.20 Å². The van der Waals surface area contributed by atoms with Gasteiger partial charge in [-0.15, -0.1) is 5.10 Å². The number of carbonyl (C=O) groups excluding carboxylic acids is 1. The van der Waals surface area contributed by atoms with E-state index in [0.717, 1.165) is 29.2 Å². The number of carbonyl (C=O) groups is 1. The number of aromatic amines is 1. The Morgan fingerprint density at radius 2 is 1.92 bits per heavy atom. The molecule has 0 aliphatic heterocycles. The van der Waals surface area contributed by atoms with Gasteiger partial charge in [-0.2, -0.15) is 4.98 Å². The molecule has 3 rings (SSSR count). The topological polar surface area (TPSA) is 108 Å². The van der Waals surface area contributed by atoms with E-state index in [9.17, 15) is 4.79 Å². The number of H-pyrrole nitrogens is 1. The number of aryl methyl sites for hydroxylation is 1. The zero-order valence-corrected chi connectivity index (χ0v) is 13.4. The number of amides is 1.